The summed E-state index contributed by atoms with van der Waals surface area (Å²) in [5.41, 5.74) is 1.96. The van der Waals surface area contributed by atoms with Crippen LogP contribution in [0, 0.1) is 5.92 Å². The molecule has 0 fully saturated rings. The van der Waals surface area contributed by atoms with E-state index in [2.05, 4.69) is 5.32 Å². The quantitative estimate of drug-likeness (QED) is 0.656. The average molecular weight is 265 g/mol. The minimum Gasteiger partial charge on any atom is -0.497 e. The molecule has 1 aromatic carbocycles. The number of ether oxygens (including phenoxy) is 2. The minimum atomic E-state index is -0.233. The third-order valence-corrected chi connectivity index (χ3v) is 3.29. The van der Waals surface area contributed by atoms with Crippen molar-refractivity contribution in [3.63, 3.8) is 0 Å². The van der Waals surface area contributed by atoms with Gasteiger partial charge in [0.1, 0.15) is 5.75 Å². The Bertz CT molecular complexity index is 487. The van der Waals surface area contributed by atoms with Gasteiger partial charge in [-0.05, 0) is 30.2 Å². The van der Waals surface area contributed by atoms with Crippen molar-refractivity contribution in [2.45, 2.75) is 12.8 Å². The van der Waals surface area contributed by atoms with Gasteiger partial charge in [-0.1, -0.05) is 12.2 Å². The van der Waals surface area contributed by atoms with Crippen LogP contribution >= 0.6 is 12.2 Å². The number of anilines is 1. The van der Waals surface area contributed by atoms with Gasteiger partial charge in [0.25, 0.3) is 0 Å². The van der Waals surface area contributed by atoms with Gasteiger partial charge >= 0.3 is 5.97 Å². The maximum Gasteiger partial charge on any atom is 0.309 e. The van der Waals surface area contributed by atoms with Crippen LogP contribution < -0.4 is 10.1 Å². The average Bonchev–Trinajstić information content (AvgIpc) is 2.54. The maximum absolute atomic E-state index is 11.7. The summed E-state index contributed by atoms with van der Waals surface area (Å²) in [6, 6.07) is 5.71. The van der Waals surface area contributed by atoms with E-state index in [1.165, 1.54) is 7.11 Å². The van der Waals surface area contributed by atoms with Gasteiger partial charge in [-0.15, -0.1) is 0 Å². The molecule has 96 valence electrons. The molecule has 0 amide bonds. The highest BCUT2D eigenvalue weighted by atomic mass is 32.1. The molecule has 2 rings (SSSR count). The Morgan fingerprint density at radius 1 is 1.39 bits per heavy atom. The second-order valence-electron chi connectivity index (χ2n) is 4.20. The van der Waals surface area contributed by atoms with E-state index in [0.29, 0.717) is 17.8 Å². The summed E-state index contributed by atoms with van der Waals surface area (Å²) in [6.07, 6.45) is 1.12. The molecule has 0 saturated heterocycles. The van der Waals surface area contributed by atoms with E-state index in [-0.39, 0.29) is 11.9 Å². The van der Waals surface area contributed by atoms with Crippen LogP contribution in [0.25, 0.3) is 0 Å². The van der Waals surface area contributed by atoms with Crippen LogP contribution in [0.2, 0.25) is 0 Å². The van der Waals surface area contributed by atoms with Gasteiger partial charge in [0, 0.05) is 12.1 Å². The second-order valence-corrected chi connectivity index (χ2v) is 4.69. The Labute approximate surface area is 111 Å². The van der Waals surface area contributed by atoms with Gasteiger partial charge < -0.3 is 14.8 Å². The Balaban J connectivity index is 2.34. The molecule has 0 aromatic heterocycles. The first-order chi connectivity index (χ1) is 8.63. The predicted molar refractivity (Wildman–Crippen MR) is 73.0 cm³/mol. The number of nitrogens with one attached hydrogen (secondary N) is 1. The second kappa shape index (κ2) is 5.35. The van der Waals surface area contributed by atoms with Crippen LogP contribution in [0.15, 0.2) is 18.2 Å². The van der Waals surface area contributed by atoms with Gasteiger partial charge in [0.15, 0.2) is 0 Å². The lowest BCUT2D eigenvalue weighted by Gasteiger charge is -2.11. The van der Waals surface area contributed by atoms with Crippen molar-refractivity contribution in [1.82, 2.24) is 0 Å². The smallest absolute Gasteiger partial charge is 0.309 e. The third-order valence-electron chi connectivity index (χ3n) is 3.02. The number of thiocarbonyl (C=S) groups is 1. The molecule has 0 bridgehead atoms. The van der Waals surface area contributed by atoms with Crippen molar-refractivity contribution < 1.29 is 14.3 Å². The van der Waals surface area contributed by atoms with Crippen molar-refractivity contribution in [1.29, 1.82) is 0 Å². The highest BCUT2D eigenvalue weighted by molar-refractivity contribution is 7.80. The molecule has 0 saturated carbocycles. The van der Waals surface area contributed by atoms with E-state index >= 15 is 0 Å². The van der Waals surface area contributed by atoms with Gasteiger partial charge in [-0.3, -0.25) is 4.79 Å². The fraction of sp³-hybridized carbons (Fsp3) is 0.385. The Morgan fingerprint density at radius 3 is 2.83 bits per heavy atom. The van der Waals surface area contributed by atoms with E-state index in [9.17, 15) is 4.79 Å². The molecule has 0 aliphatic carbocycles. The number of fused-ring (bicyclic) bond motifs is 1. The summed E-state index contributed by atoms with van der Waals surface area (Å²) in [6.45, 7) is 0. The zero-order valence-corrected chi connectivity index (χ0v) is 11.2. The summed E-state index contributed by atoms with van der Waals surface area (Å²) in [5.74, 6) is 0.310. The molecule has 18 heavy (non-hydrogen) atoms. The number of benzene rings is 1. The lowest BCUT2D eigenvalue weighted by Crippen LogP contribution is -2.21. The SMILES string of the molecule is COC(=O)C1CC(=S)Nc2ccc(OC)cc2C1. The summed E-state index contributed by atoms with van der Waals surface area (Å²) in [4.78, 5) is 12.3. The van der Waals surface area contributed by atoms with E-state index in [4.69, 9.17) is 21.7 Å². The third kappa shape index (κ3) is 2.61. The molecule has 1 unspecified atom stereocenters. The van der Waals surface area contributed by atoms with Crippen LogP contribution in [0.3, 0.4) is 0 Å². The van der Waals surface area contributed by atoms with Crippen LogP contribution in [0.5, 0.6) is 5.75 Å². The van der Waals surface area contributed by atoms with E-state index < -0.39 is 0 Å². The van der Waals surface area contributed by atoms with Gasteiger partial charge in [-0.2, -0.15) is 0 Å². The van der Waals surface area contributed by atoms with Crippen LogP contribution in [0.1, 0.15) is 12.0 Å². The standard InChI is InChI=1S/C13H15NO3S/c1-16-10-3-4-11-8(6-10)5-9(13(15)17-2)7-12(18)14-11/h3-4,6,9H,5,7H2,1-2H3,(H,14,18). The van der Waals surface area contributed by atoms with Gasteiger partial charge in [0.2, 0.25) is 0 Å². The number of hydrogen-bond acceptors (Lipinski definition) is 4. The fourth-order valence-corrected chi connectivity index (χ4v) is 2.40. The Kier molecular flexibility index (Phi) is 3.81. The van der Waals surface area contributed by atoms with Crippen molar-refractivity contribution in [2.24, 2.45) is 5.92 Å². The molecule has 1 aromatic rings. The molecule has 1 atom stereocenters. The normalized spacial score (nSPS) is 18.3. The molecule has 5 heteroatoms. The molecular weight excluding hydrogens is 250 g/mol. The largest absolute Gasteiger partial charge is 0.497 e. The fourth-order valence-electron chi connectivity index (χ4n) is 2.08. The zero-order valence-electron chi connectivity index (χ0n) is 10.4. The highest BCUT2D eigenvalue weighted by Gasteiger charge is 2.26. The number of esters is 1. The van der Waals surface area contributed by atoms with Crippen LogP contribution in [-0.2, 0) is 16.0 Å². The lowest BCUT2D eigenvalue weighted by molar-refractivity contribution is -0.145. The molecule has 1 heterocycles. The molecule has 0 radical (unpaired) electrons. The topological polar surface area (TPSA) is 47.6 Å². The molecule has 0 spiro atoms. The maximum atomic E-state index is 11.7. The molecule has 1 N–H and O–H groups in total. The monoisotopic (exact) mass is 265 g/mol. The lowest BCUT2D eigenvalue weighted by atomic mass is 9.97. The summed E-state index contributed by atoms with van der Waals surface area (Å²) >= 11 is 5.22. The van der Waals surface area contributed by atoms with Crippen molar-refractivity contribution in [2.75, 3.05) is 19.5 Å². The zero-order chi connectivity index (χ0) is 13.1. The summed E-state index contributed by atoms with van der Waals surface area (Å²) in [5, 5.41) is 3.15. The summed E-state index contributed by atoms with van der Waals surface area (Å²) < 4.78 is 10.0. The molecule has 1 aliphatic rings. The first-order valence-electron chi connectivity index (χ1n) is 5.68. The van der Waals surface area contributed by atoms with Crippen LogP contribution in [-0.4, -0.2) is 25.2 Å². The number of carbonyl (C=O) groups is 1. The minimum absolute atomic E-state index is 0.227. The molecule has 4 nitrogen and oxygen atoms in total. The molecular formula is C13H15NO3S. The van der Waals surface area contributed by atoms with Crippen molar-refractivity contribution >= 4 is 28.9 Å². The number of carbonyl (C=O) groups excluding carboxylic acids is 1. The predicted octanol–water partition coefficient (Wildman–Crippen LogP) is 2.17. The van der Waals surface area contributed by atoms with E-state index in [1.807, 2.05) is 18.2 Å². The Morgan fingerprint density at radius 2 is 2.17 bits per heavy atom. The van der Waals surface area contributed by atoms with E-state index in [0.717, 1.165) is 17.0 Å². The van der Waals surface area contributed by atoms with Crippen molar-refractivity contribution in [3.05, 3.63) is 23.8 Å². The first kappa shape index (κ1) is 12.8. The van der Waals surface area contributed by atoms with Crippen molar-refractivity contribution in [3.8, 4) is 5.75 Å². The van der Waals surface area contributed by atoms with Crippen LogP contribution in [0.4, 0.5) is 5.69 Å². The number of rotatable bonds is 2. The van der Waals surface area contributed by atoms with Gasteiger partial charge in [-0.25, -0.2) is 0 Å². The number of hydrogen-bond donors (Lipinski definition) is 1. The molecule has 1 aliphatic heterocycles. The van der Waals surface area contributed by atoms with E-state index in [1.54, 1.807) is 7.11 Å². The first-order valence-corrected chi connectivity index (χ1v) is 6.09. The summed E-state index contributed by atoms with van der Waals surface area (Å²) in [7, 11) is 3.02. The van der Waals surface area contributed by atoms with Gasteiger partial charge in [0.05, 0.1) is 25.1 Å². The highest BCUT2D eigenvalue weighted by Crippen LogP contribution is 2.29. The number of methoxy groups -OCH3 is 2. The Hall–Kier alpha value is -1.62.